The van der Waals surface area contributed by atoms with E-state index >= 15 is 0 Å². The first-order valence-corrected chi connectivity index (χ1v) is 9.28. The van der Waals surface area contributed by atoms with Crippen LogP contribution in [-0.2, 0) is 5.41 Å². The number of benzene rings is 1. The molecule has 2 aliphatic rings. The van der Waals surface area contributed by atoms with Gasteiger partial charge in [0, 0.05) is 48.7 Å². The van der Waals surface area contributed by atoms with Gasteiger partial charge >= 0.3 is 0 Å². The summed E-state index contributed by atoms with van der Waals surface area (Å²) < 4.78 is 1.49. The van der Waals surface area contributed by atoms with Crippen molar-refractivity contribution in [3.63, 3.8) is 0 Å². The largest absolute Gasteiger partial charge is 0.384 e. The average molecular weight is 363 g/mol. The maximum absolute atomic E-state index is 12.9. The first-order valence-electron chi connectivity index (χ1n) is 9.28. The van der Waals surface area contributed by atoms with Gasteiger partial charge < -0.3 is 15.2 Å². The Morgan fingerprint density at radius 3 is 2.81 bits per heavy atom. The van der Waals surface area contributed by atoms with Crippen LogP contribution in [0.5, 0.6) is 0 Å². The molecule has 3 aromatic rings. The second-order valence-corrected chi connectivity index (χ2v) is 7.60. The number of likely N-dealkylation sites (tertiary alicyclic amines) is 1. The molecule has 5 rings (SSSR count). The maximum atomic E-state index is 12.9. The van der Waals surface area contributed by atoms with Gasteiger partial charge in [-0.05, 0) is 31.4 Å². The van der Waals surface area contributed by atoms with Gasteiger partial charge in [0.2, 0.25) is 0 Å². The van der Waals surface area contributed by atoms with Gasteiger partial charge in [-0.1, -0.05) is 18.2 Å². The van der Waals surface area contributed by atoms with Gasteiger partial charge in [-0.25, -0.2) is 4.52 Å². The molecule has 0 atom stereocenters. The maximum Gasteiger partial charge on any atom is 0.274 e. The number of H-pyrrole nitrogens is 1. The minimum Gasteiger partial charge on any atom is -0.384 e. The summed E-state index contributed by atoms with van der Waals surface area (Å²) >= 11 is 0. The summed E-state index contributed by atoms with van der Waals surface area (Å²) in [6.45, 7) is 4.11. The molecule has 2 aliphatic heterocycles. The van der Waals surface area contributed by atoms with E-state index in [4.69, 9.17) is 0 Å². The standard InChI is InChI=1S/C20H21N5O2/c1-13-11-25-17(18(26)22-13)10-16(23-25)19(27)24-8-6-20(7-9-24)12-21-15-5-3-2-4-14(15)20/h2-5,10-11,21H,6-9,12H2,1H3,(H,22,26). The fourth-order valence-electron chi connectivity index (χ4n) is 4.43. The highest BCUT2D eigenvalue weighted by molar-refractivity contribution is 5.93. The minimum absolute atomic E-state index is 0.107. The summed E-state index contributed by atoms with van der Waals surface area (Å²) in [6, 6.07) is 10.0. The number of carbonyl (C=O) groups excluding carboxylic acids is 1. The Bertz CT molecular complexity index is 1110. The molecule has 27 heavy (non-hydrogen) atoms. The summed E-state index contributed by atoms with van der Waals surface area (Å²) in [7, 11) is 0. The molecule has 1 aromatic carbocycles. The quantitative estimate of drug-likeness (QED) is 0.692. The molecule has 1 spiro atoms. The Kier molecular flexibility index (Phi) is 3.40. The van der Waals surface area contributed by atoms with E-state index in [9.17, 15) is 9.59 Å². The number of nitrogens with one attached hydrogen (secondary N) is 2. The number of para-hydroxylation sites is 1. The number of piperidine rings is 1. The van der Waals surface area contributed by atoms with Crippen molar-refractivity contribution >= 4 is 17.1 Å². The molecule has 1 saturated heterocycles. The smallest absolute Gasteiger partial charge is 0.274 e. The molecule has 7 nitrogen and oxygen atoms in total. The fraction of sp³-hybridized carbons (Fsp3) is 0.350. The Morgan fingerprint density at radius 2 is 2.00 bits per heavy atom. The van der Waals surface area contributed by atoms with Crippen LogP contribution in [0, 0.1) is 6.92 Å². The lowest BCUT2D eigenvalue weighted by Crippen LogP contribution is -2.46. The lowest BCUT2D eigenvalue weighted by Gasteiger charge is -2.39. The number of nitrogens with zero attached hydrogens (tertiary/aromatic N) is 3. The van der Waals surface area contributed by atoms with Crippen LogP contribution in [0.3, 0.4) is 0 Å². The molecule has 0 saturated carbocycles. The highest BCUT2D eigenvalue weighted by Gasteiger charge is 2.42. The van der Waals surface area contributed by atoms with E-state index in [1.807, 2.05) is 4.90 Å². The number of carbonyl (C=O) groups is 1. The Balaban J connectivity index is 1.38. The van der Waals surface area contributed by atoms with Crippen molar-refractivity contribution in [3.05, 3.63) is 63.8 Å². The van der Waals surface area contributed by atoms with Crippen molar-refractivity contribution in [1.29, 1.82) is 0 Å². The first-order chi connectivity index (χ1) is 13.1. The zero-order chi connectivity index (χ0) is 18.6. The molecule has 1 amide bonds. The molecule has 0 aliphatic carbocycles. The summed E-state index contributed by atoms with van der Waals surface area (Å²) in [4.78, 5) is 29.6. The van der Waals surface area contributed by atoms with Gasteiger partial charge in [-0.15, -0.1) is 0 Å². The average Bonchev–Trinajstić information content (AvgIpc) is 3.25. The fourth-order valence-corrected chi connectivity index (χ4v) is 4.43. The van der Waals surface area contributed by atoms with Crippen molar-refractivity contribution < 1.29 is 4.79 Å². The van der Waals surface area contributed by atoms with Crippen LogP contribution in [0.15, 0.2) is 41.3 Å². The van der Waals surface area contributed by atoms with E-state index < -0.39 is 0 Å². The molecule has 138 valence electrons. The van der Waals surface area contributed by atoms with Crippen LogP contribution in [0.25, 0.3) is 5.52 Å². The topological polar surface area (TPSA) is 82.5 Å². The zero-order valence-corrected chi connectivity index (χ0v) is 15.2. The number of aromatic amines is 1. The van der Waals surface area contributed by atoms with Gasteiger partial charge in [-0.2, -0.15) is 5.10 Å². The van der Waals surface area contributed by atoms with E-state index in [0.717, 1.165) is 19.4 Å². The summed E-state index contributed by atoms with van der Waals surface area (Å²) in [5.74, 6) is -0.107. The van der Waals surface area contributed by atoms with Gasteiger partial charge in [0.05, 0.1) is 0 Å². The van der Waals surface area contributed by atoms with E-state index in [1.165, 1.54) is 15.8 Å². The lowest BCUT2D eigenvalue weighted by molar-refractivity contribution is 0.0670. The Labute approximate surface area is 156 Å². The predicted octanol–water partition coefficient (Wildman–Crippen LogP) is 1.93. The molecule has 7 heteroatoms. The number of hydrogen-bond donors (Lipinski definition) is 2. The second kappa shape index (κ2) is 5.70. The lowest BCUT2D eigenvalue weighted by atomic mass is 9.74. The van der Waals surface area contributed by atoms with Crippen molar-refractivity contribution in [2.75, 3.05) is 25.0 Å². The van der Waals surface area contributed by atoms with E-state index in [1.54, 1.807) is 19.2 Å². The van der Waals surface area contributed by atoms with Crippen molar-refractivity contribution in [3.8, 4) is 0 Å². The molecular formula is C20H21N5O2. The number of amides is 1. The first kappa shape index (κ1) is 16.1. The molecule has 0 radical (unpaired) electrons. The minimum atomic E-state index is -0.229. The number of anilines is 1. The predicted molar refractivity (Wildman–Crippen MR) is 102 cm³/mol. The number of fused-ring (bicyclic) bond motifs is 3. The molecular weight excluding hydrogens is 342 g/mol. The normalized spacial score (nSPS) is 17.9. The third kappa shape index (κ3) is 2.45. The summed E-state index contributed by atoms with van der Waals surface area (Å²) in [5.41, 5.74) is 3.90. The highest BCUT2D eigenvalue weighted by Crippen LogP contribution is 2.43. The van der Waals surface area contributed by atoms with Crippen LogP contribution in [0.4, 0.5) is 5.69 Å². The van der Waals surface area contributed by atoms with Crippen molar-refractivity contribution in [2.45, 2.75) is 25.2 Å². The second-order valence-electron chi connectivity index (χ2n) is 7.60. The summed E-state index contributed by atoms with van der Waals surface area (Å²) in [5, 5.41) is 7.84. The third-order valence-electron chi connectivity index (χ3n) is 5.94. The number of hydrogen-bond acceptors (Lipinski definition) is 4. The van der Waals surface area contributed by atoms with Crippen LogP contribution in [0.1, 0.15) is 34.6 Å². The van der Waals surface area contributed by atoms with Crippen LogP contribution >= 0.6 is 0 Å². The zero-order valence-electron chi connectivity index (χ0n) is 15.2. The number of aromatic nitrogens is 3. The van der Waals surface area contributed by atoms with Crippen molar-refractivity contribution in [1.82, 2.24) is 19.5 Å². The molecule has 4 heterocycles. The Hall–Kier alpha value is -3.09. The highest BCUT2D eigenvalue weighted by atomic mass is 16.2. The molecule has 0 unspecified atom stereocenters. The molecule has 1 fully saturated rings. The Morgan fingerprint density at radius 1 is 1.22 bits per heavy atom. The molecule has 2 aromatic heterocycles. The van der Waals surface area contributed by atoms with Crippen LogP contribution in [-0.4, -0.2) is 45.0 Å². The SMILES string of the molecule is Cc1cn2nc(C(=O)N3CCC4(CC3)CNc3ccccc34)cc2c(=O)[nH]1. The van der Waals surface area contributed by atoms with Gasteiger partial charge in [-0.3, -0.25) is 9.59 Å². The van der Waals surface area contributed by atoms with E-state index in [0.29, 0.717) is 30.0 Å². The molecule has 2 N–H and O–H groups in total. The number of rotatable bonds is 1. The van der Waals surface area contributed by atoms with E-state index in [-0.39, 0.29) is 16.9 Å². The monoisotopic (exact) mass is 363 g/mol. The van der Waals surface area contributed by atoms with Gasteiger partial charge in [0.15, 0.2) is 5.69 Å². The van der Waals surface area contributed by atoms with Crippen molar-refractivity contribution in [2.24, 2.45) is 0 Å². The van der Waals surface area contributed by atoms with Gasteiger partial charge in [0.1, 0.15) is 5.52 Å². The third-order valence-corrected chi connectivity index (χ3v) is 5.94. The van der Waals surface area contributed by atoms with Crippen LogP contribution < -0.4 is 10.9 Å². The van der Waals surface area contributed by atoms with Gasteiger partial charge in [0.25, 0.3) is 11.5 Å². The van der Waals surface area contributed by atoms with E-state index in [2.05, 4.69) is 39.7 Å². The van der Waals surface area contributed by atoms with Crippen LogP contribution in [0.2, 0.25) is 0 Å². The summed E-state index contributed by atoms with van der Waals surface area (Å²) in [6.07, 6.45) is 3.57. The number of aryl methyl sites for hydroxylation is 1. The molecule has 0 bridgehead atoms.